The molecule has 1 aromatic heterocycles. The van der Waals surface area contributed by atoms with Gasteiger partial charge in [-0.3, -0.25) is 0 Å². The van der Waals surface area contributed by atoms with Crippen LogP contribution < -0.4 is 5.32 Å². The Balaban J connectivity index is 2.16. The molecule has 0 saturated heterocycles. The predicted molar refractivity (Wildman–Crippen MR) is 69.2 cm³/mol. The lowest BCUT2D eigenvalue weighted by Gasteiger charge is -2.13. The number of aliphatic hydroxyl groups excluding tert-OH is 1. The third kappa shape index (κ3) is 5.66. The van der Waals surface area contributed by atoms with Crippen molar-refractivity contribution >= 4 is 27.3 Å². The van der Waals surface area contributed by atoms with Crippen LogP contribution in [0.15, 0.2) is 15.2 Å². The Morgan fingerprint density at radius 3 is 2.80 bits per heavy atom. The SMILES string of the molecule is CC(O)CC(C)CNCc1csc(Br)c1. The van der Waals surface area contributed by atoms with Gasteiger partial charge in [0.05, 0.1) is 9.89 Å². The first-order valence-corrected chi connectivity index (χ1v) is 6.87. The molecule has 2 atom stereocenters. The molecule has 4 heteroatoms. The summed E-state index contributed by atoms with van der Waals surface area (Å²) in [5, 5.41) is 14.8. The maximum atomic E-state index is 9.21. The second-order valence-electron chi connectivity index (χ2n) is 4.08. The maximum Gasteiger partial charge on any atom is 0.0701 e. The van der Waals surface area contributed by atoms with E-state index < -0.39 is 0 Å². The summed E-state index contributed by atoms with van der Waals surface area (Å²) in [4.78, 5) is 0. The minimum Gasteiger partial charge on any atom is -0.393 e. The van der Waals surface area contributed by atoms with E-state index >= 15 is 0 Å². The van der Waals surface area contributed by atoms with E-state index in [9.17, 15) is 5.11 Å². The Hall–Kier alpha value is 0.100. The summed E-state index contributed by atoms with van der Waals surface area (Å²) in [6.07, 6.45) is 0.664. The molecule has 1 aromatic rings. The predicted octanol–water partition coefficient (Wildman–Crippen LogP) is 3.01. The van der Waals surface area contributed by atoms with E-state index in [2.05, 4.69) is 39.6 Å². The van der Waals surface area contributed by atoms with Gasteiger partial charge in [0.15, 0.2) is 0 Å². The van der Waals surface area contributed by atoms with Crippen molar-refractivity contribution in [2.24, 2.45) is 5.92 Å². The molecule has 2 nitrogen and oxygen atoms in total. The zero-order chi connectivity index (χ0) is 11.3. The average molecular weight is 292 g/mol. The summed E-state index contributed by atoms with van der Waals surface area (Å²) in [6, 6.07) is 2.14. The highest BCUT2D eigenvalue weighted by molar-refractivity contribution is 9.11. The van der Waals surface area contributed by atoms with Gasteiger partial charge in [-0.1, -0.05) is 6.92 Å². The molecule has 0 saturated carbocycles. The minimum atomic E-state index is -0.197. The molecule has 86 valence electrons. The Morgan fingerprint density at radius 2 is 2.27 bits per heavy atom. The number of hydrogen-bond acceptors (Lipinski definition) is 3. The minimum absolute atomic E-state index is 0.197. The van der Waals surface area contributed by atoms with Gasteiger partial charge in [0, 0.05) is 6.54 Å². The number of halogens is 1. The van der Waals surface area contributed by atoms with Crippen molar-refractivity contribution in [1.29, 1.82) is 0 Å². The van der Waals surface area contributed by atoms with Gasteiger partial charge in [0.25, 0.3) is 0 Å². The van der Waals surface area contributed by atoms with Crippen molar-refractivity contribution in [2.75, 3.05) is 6.54 Å². The van der Waals surface area contributed by atoms with E-state index in [1.807, 2.05) is 6.92 Å². The monoisotopic (exact) mass is 291 g/mol. The summed E-state index contributed by atoms with van der Waals surface area (Å²) in [5.74, 6) is 0.520. The first-order valence-electron chi connectivity index (χ1n) is 5.19. The summed E-state index contributed by atoms with van der Waals surface area (Å²) in [6.45, 7) is 5.86. The molecule has 1 rings (SSSR count). The van der Waals surface area contributed by atoms with E-state index in [1.54, 1.807) is 11.3 Å². The van der Waals surface area contributed by atoms with E-state index in [0.29, 0.717) is 5.92 Å². The van der Waals surface area contributed by atoms with Crippen molar-refractivity contribution in [1.82, 2.24) is 5.32 Å². The molecule has 0 amide bonds. The maximum absolute atomic E-state index is 9.21. The van der Waals surface area contributed by atoms with Gasteiger partial charge >= 0.3 is 0 Å². The average Bonchev–Trinajstić information content (AvgIpc) is 2.50. The van der Waals surface area contributed by atoms with Crippen LogP contribution in [0.4, 0.5) is 0 Å². The van der Waals surface area contributed by atoms with Gasteiger partial charge in [-0.2, -0.15) is 0 Å². The van der Waals surface area contributed by atoms with Crippen LogP contribution in [0.3, 0.4) is 0 Å². The molecule has 0 aromatic carbocycles. The van der Waals surface area contributed by atoms with Gasteiger partial charge in [-0.25, -0.2) is 0 Å². The van der Waals surface area contributed by atoms with Crippen molar-refractivity contribution in [3.8, 4) is 0 Å². The number of rotatable bonds is 6. The number of hydrogen-bond donors (Lipinski definition) is 2. The molecule has 15 heavy (non-hydrogen) atoms. The fraction of sp³-hybridized carbons (Fsp3) is 0.636. The zero-order valence-electron chi connectivity index (χ0n) is 9.16. The second kappa shape index (κ2) is 6.63. The van der Waals surface area contributed by atoms with Crippen LogP contribution in [0.2, 0.25) is 0 Å². The highest BCUT2D eigenvalue weighted by Gasteiger charge is 2.05. The normalized spacial score (nSPS) is 15.2. The fourth-order valence-electron chi connectivity index (χ4n) is 1.57. The molecule has 0 aliphatic heterocycles. The number of thiophene rings is 1. The molecule has 0 radical (unpaired) electrons. The quantitative estimate of drug-likeness (QED) is 0.845. The molecule has 0 bridgehead atoms. The van der Waals surface area contributed by atoms with Gasteiger partial charge in [-0.15, -0.1) is 11.3 Å². The summed E-state index contributed by atoms with van der Waals surface area (Å²) in [7, 11) is 0. The van der Waals surface area contributed by atoms with E-state index in [-0.39, 0.29) is 6.10 Å². The van der Waals surface area contributed by atoms with Gasteiger partial charge in [-0.05, 0) is 58.7 Å². The smallest absolute Gasteiger partial charge is 0.0701 e. The van der Waals surface area contributed by atoms with Crippen molar-refractivity contribution < 1.29 is 5.11 Å². The summed E-state index contributed by atoms with van der Waals surface area (Å²) in [5.41, 5.74) is 1.32. The Morgan fingerprint density at radius 1 is 1.53 bits per heavy atom. The molecule has 0 spiro atoms. The second-order valence-corrected chi connectivity index (χ2v) is 6.37. The standard InChI is InChI=1S/C11H18BrNOS/c1-8(3-9(2)14)5-13-6-10-4-11(12)15-7-10/h4,7-9,13-14H,3,5-6H2,1-2H3. The van der Waals surface area contributed by atoms with Crippen molar-refractivity contribution in [3.63, 3.8) is 0 Å². The van der Waals surface area contributed by atoms with Crippen LogP contribution in [-0.2, 0) is 6.54 Å². The lowest BCUT2D eigenvalue weighted by molar-refractivity contribution is 0.163. The van der Waals surface area contributed by atoms with Crippen LogP contribution in [0.1, 0.15) is 25.8 Å². The Labute approximate surface area is 104 Å². The van der Waals surface area contributed by atoms with Gasteiger partial charge in [0.1, 0.15) is 0 Å². The van der Waals surface area contributed by atoms with Crippen LogP contribution >= 0.6 is 27.3 Å². The van der Waals surface area contributed by atoms with E-state index in [1.165, 1.54) is 9.35 Å². The Bertz CT molecular complexity index is 288. The first-order chi connectivity index (χ1) is 7.08. The molecule has 2 unspecified atom stereocenters. The molecule has 0 fully saturated rings. The summed E-state index contributed by atoms with van der Waals surface area (Å²) >= 11 is 5.15. The van der Waals surface area contributed by atoms with Gasteiger partial charge < -0.3 is 10.4 Å². The third-order valence-electron chi connectivity index (χ3n) is 2.19. The third-order valence-corrected chi connectivity index (χ3v) is 3.74. The van der Waals surface area contributed by atoms with Gasteiger partial charge in [0.2, 0.25) is 0 Å². The molecular formula is C11H18BrNOS. The fourth-order valence-corrected chi connectivity index (χ4v) is 2.78. The largest absolute Gasteiger partial charge is 0.393 e. The topological polar surface area (TPSA) is 32.3 Å². The summed E-state index contributed by atoms with van der Waals surface area (Å²) < 4.78 is 1.18. The van der Waals surface area contributed by atoms with Crippen LogP contribution in [0.25, 0.3) is 0 Å². The highest BCUT2D eigenvalue weighted by atomic mass is 79.9. The number of aliphatic hydroxyl groups is 1. The number of nitrogens with one attached hydrogen (secondary N) is 1. The lowest BCUT2D eigenvalue weighted by Crippen LogP contribution is -2.22. The van der Waals surface area contributed by atoms with Crippen LogP contribution in [0, 0.1) is 5.92 Å². The van der Waals surface area contributed by atoms with Crippen molar-refractivity contribution in [3.05, 3.63) is 20.8 Å². The van der Waals surface area contributed by atoms with Crippen molar-refractivity contribution in [2.45, 2.75) is 32.9 Å². The molecule has 2 N–H and O–H groups in total. The van der Waals surface area contributed by atoms with E-state index in [0.717, 1.165) is 19.5 Å². The zero-order valence-corrected chi connectivity index (χ0v) is 11.6. The first kappa shape index (κ1) is 13.2. The van der Waals surface area contributed by atoms with Crippen LogP contribution in [-0.4, -0.2) is 17.8 Å². The Kier molecular flexibility index (Phi) is 5.82. The highest BCUT2D eigenvalue weighted by Crippen LogP contribution is 2.20. The lowest BCUT2D eigenvalue weighted by atomic mass is 10.0. The molecule has 1 heterocycles. The molecular weight excluding hydrogens is 274 g/mol. The van der Waals surface area contributed by atoms with E-state index in [4.69, 9.17) is 0 Å². The van der Waals surface area contributed by atoms with Crippen LogP contribution in [0.5, 0.6) is 0 Å². The molecule has 0 aliphatic rings. The molecule has 0 aliphatic carbocycles.